The average Bonchev–Trinajstić information content (AvgIpc) is 2.66. The van der Waals surface area contributed by atoms with Crippen molar-refractivity contribution in [3.8, 4) is 0 Å². The number of urea groups is 1. The highest BCUT2D eigenvalue weighted by Crippen LogP contribution is 2.32. The standard InChI is InChI=1S/C23H25N3OS/c1-16(2)15-18-8-12-20(13-9-18)28-22-21(5-4-14-24-22)26-23(27)25-19-10-6-17(3)7-11-19/h4-14,16H,15H2,1-3H3,(H2,25,26,27). The summed E-state index contributed by atoms with van der Waals surface area (Å²) in [7, 11) is 0. The van der Waals surface area contributed by atoms with Gasteiger partial charge in [0.25, 0.3) is 0 Å². The Balaban J connectivity index is 1.67. The fraction of sp³-hybridized carbons (Fsp3) is 0.217. The summed E-state index contributed by atoms with van der Waals surface area (Å²) >= 11 is 1.54. The van der Waals surface area contributed by atoms with Crippen molar-refractivity contribution >= 4 is 29.2 Å². The molecule has 5 heteroatoms. The van der Waals surface area contributed by atoms with Gasteiger partial charge in [0.15, 0.2) is 0 Å². The van der Waals surface area contributed by atoms with E-state index >= 15 is 0 Å². The smallest absolute Gasteiger partial charge is 0.308 e. The Labute approximate surface area is 170 Å². The Morgan fingerprint density at radius 2 is 1.71 bits per heavy atom. The van der Waals surface area contributed by atoms with Crippen LogP contribution in [0.4, 0.5) is 16.2 Å². The van der Waals surface area contributed by atoms with Crippen molar-refractivity contribution in [2.45, 2.75) is 37.1 Å². The molecular formula is C23H25N3OS. The highest BCUT2D eigenvalue weighted by atomic mass is 32.2. The molecule has 3 rings (SSSR count). The lowest BCUT2D eigenvalue weighted by Gasteiger charge is -2.11. The van der Waals surface area contributed by atoms with E-state index in [0.29, 0.717) is 11.6 Å². The molecule has 1 heterocycles. The largest absolute Gasteiger partial charge is 0.323 e. The third-order valence-corrected chi connectivity index (χ3v) is 5.14. The predicted octanol–water partition coefficient (Wildman–Crippen LogP) is 6.38. The molecule has 4 nitrogen and oxygen atoms in total. The third-order valence-electron chi connectivity index (χ3n) is 4.11. The van der Waals surface area contributed by atoms with Crippen LogP contribution in [0, 0.1) is 12.8 Å². The second-order valence-electron chi connectivity index (χ2n) is 7.15. The van der Waals surface area contributed by atoms with E-state index in [-0.39, 0.29) is 6.03 Å². The molecule has 0 spiro atoms. The molecular weight excluding hydrogens is 366 g/mol. The number of benzene rings is 2. The lowest BCUT2D eigenvalue weighted by Crippen LogP contribution is -2.20. The van der Waals surface area contributed by atoms with Crippen molar-refractivity contribution in [3.05, 3.63) is 78.0 Å². The van der Waals surface area contributed by atoms with Crippen LogP contribution < -0.4 is 10.6 Å². The number of amides is 2. The third kappa shape index (κ3) is 5.86. The van der Waals surface area contributed by atoms with Gasteiger partial charge < -0.3 is 10.6 Å². The van der Waals surface area contributed by atoms with Crippen LogP contribution >= 0.6 is 11.8 Å². The average molecular weight is 392 g/mol. The summed E-state index contributed by atoms with van der Waals surface area (Å²) in [5, 5.41) is 6.51. The van der Waals surface area contributed by atoms with E-state index in [2.05, 4.69) is 53.7 Å². The van der Waals surface area contributed by atoms with E-state index in [0.717, 1.165) is 27.6 Å². The van der Waals surface area contributed by atoms with Gasteiger partial charge in [0.1, 0.15) is 5.03 Å². The van der Waals surface area contributed by atoms with E-state index in [4.69, 9.17) is 0 Å². The minimum atomic E-state index is -0.286. The molecule has 1 aromatic heterocycles. The van der Waals surface area contributed by atoms with Crippen LogP contribution in [0.3, 0.4) is 0 Å². The minimum absolute atomic E-state index is 0.286. The zero-order valence-corrected chi connectivity index (χ0v) is 17.2. The van der Waals surface area contributed by atoms with Gasteiger partial charge in [-0.2, -0.15) is 0 Å². The number of carbonyl (C=O) groups is 1. The molecule has 0 atom stereocenters. The van der Waals surface area contributed by atoms with Crippen molar-refractivity contribution in [1.29, 1.82) is 0 Å². The zero-order valence-electron chi connectivity index (χ0n) is 16.4. The highest BCUT2D eigenvalue weighted by molar-refractivity contribution is 7.99. The van der Waals surface area contributed by atoms with Crippen LogP contribution in [0.15, 0.2) is 76.8 Å². The van der Waals surface area contributed by atoms with Gasteiger partial charge in [-0.15, -0.1) is 0 Å². The first-order valence-corrected chi connectivity index (χ1v) is 10.2. The van der Waals surface area contributed by atoms with E-state index in [1.165, 1.54) is 17.3 Å². The molecule has 0 saturated carbocycles. The summed E-state index contributed by atoms with van der Waals surface area (Å²) in [5.41, 5.74) is 3.91. The summed E-state index contributed by atoms with van der Waals surface area (Å²) in [6.07, 6.45) is 2.80. The van der Waals surface area contributed by atoms with E-state index in [1.54, 1.807) is 6.20 Å². The fourth-order valence-corrected chi connectivity index (χ4v) is 3.60. The molecule has 0 saturated heterocycles. The molecule has 0 aliphatic heterocycles. The zero-order chi connectivity index (χ0) is 19.9. The van der Waals surface area contributed by atoms with Gasteiger partial charge in [0.2, 0.25) is 0 Å². The number of carbonyl (C=O) groups excluding carboxylic acids is 1. The lowest BCUT2D eigenvalue weighted by atomic mass is 10.0. The van der Waals surface area contributed by atoms with Crippen LogP contribution in [-0.4, -0.2) is 11.0 Å². The van der Waals surface area contributed by atoms with Crippen molar-refractivity contribution in [1.82, 2.24) is 4.98 Å². The van der Waals surface area contributed by atoms with Gasteiger partial charge in [0.05, 0.1) is 5.69 Å². The molecule has 0 unspecified atom stereocenters. The van der Waals surface area contributed by atoms with Crippen molar-refractivity contribution in [2.24, 2.45) is 5.92 Å². The number of aryl methyl sites for hydroxylation is 1. The van der Waals surface area contributed by atoms with Gasteiger partial charge in [-0.1, -0.05) is 55.4 Å². The first kappa shape index (κ1) is 20.0. The highest BCUT2D eigenvalue weighted by Gasteiger charge is 2.10. The minimum Gasteiger partial charge on any atom is -0.308 e. The first-order chi connectivity index (χ1) is 13.5. The van der Waals surface area contributed by atoms with Crippen LogP contribution in [0.5, 0.6) is 0 Å². The molecule has 144 valence electrons. The maximum absolute atomic E-state index is 12.4. The Hall–Kier alpha value is -2.79. The van der Waals surface area contributed by atoms with Gasteiger partial charge in [0, 0.05) is 16.8 Å². The van der Waals surface area contributed by atoms with Crippen LogP contribution in [0.1, 0.15) is 25.0 Å². The Morgan fingerprint density at radius 3 is 2.39 bits per heavy atom. The van der Waals surface area contributed by atoms with Crippen LogP contribution in [0.25, 0.3) is 0 Å². The molecule has 2 aromatic carbocycles. The first-order valence-electron chi connectivity index (χ1n) is 9.36. The maximum atomic E-state index is 12.4. The molecule has 2 amide bonds. The summed E-state index contributed by atoms with van der Waals surface area (Å²) in [6.45, 7) is 6.45. The monoisotopic (exact) mass is 391 g/mol. The Bertz CT molecular complexity index is 921. The molecule has 0 bridgehead atoms. The number of hydrogen-bond donors (Lipinski definition) is 2. The molecule has 0 fully saturated rings. The SMILES string of the molecule is Cc1ccc(NC(=O)Nc2cccnc2Sc2ccc(CC(C)C)cc2)cc1. The second kappa shape index (κ2) is 9.42. The lowest BCUT2D eigenvalue weighted by molar-refractivity contribution is 0.262. The topological polar surface area (TPSA) is 54.0 Å². The molecule has 0 aliphatic rings. The van der Waals surface area contributed by atoms with Crippen LogP contribution in [-0.2, 0) is 6.42 Å². The molecule has 2 N–H and O–H groups in total. The number of aromatic nitrogens is 1. The summed E-state index contributed by atoms with van der Waals surface area (Å²) in [5.74, 6) is 0.636. The number of pyridine rings is 1. The quantitative estimate of drug-likeness (QED) is 0.512. The molecule has 0 aliphatic carbocycles. The van der Waals surface area contributed by atoms with E-state index in [1.807, 2.05) is 43.3 Å². The molecule has 0 radical (unpaired) electrons. The maximum Gasteiger partial charge on any atom is 0.323 e. The number of anilines is 2. The van der Waals surface area contributed by atoms with Gasteiger partial charge >= 0.3 is 6.03 Å². The Kier molecular flexibility index (Phi) is 6.71. The van der Waals surface area contributed by atoms with Crippen molar-refractivity contribution in [3.63, 3.8) is 0 Å². The number of nitrogens with zero attached hydrogens (tertiary/aromatic N) is 1. The van der Waals surface area contributed by atoms with Gasteiger partial charge in [-0.05, 0) is 61.2 Å². The van der Waals surface area contributed by atoms with Crippen LogP contribution in [0.2, 0.25) is 0 Å². The fourth-order valence-electron chi connectivity index (χ4n) is 2.77. The van der Waals surface area contributed by atoms with E-state index < -0.39 is 0 Å². The number of hydrogen-bond acceptors (Lipinski definition) is 3. The molecule has 3 aromatic rings. The summed E-state index contributed by atoms with van der Waals surface area (Å²) < 4.78 is 0. The van der Waals surface area contributed by atoms with E-state index in [9.17, 15) is 4.79 Å². The van der Waals surface area contributed by atoms with Crippen molar-refractivity contribution < 1.29 is 4.79 Å². The normalized spacial score (nSPS) is 10.7. The summed E-state index contributed by atoms with van der Waals surface area (Å²) in [6, 6.07) is 19.6. The predicted molar refractivity (Wildman–Crippen MR) is 117 cm³/mol. The second-order valence-corrected chi connectivity index (χ2v) is 8.21. The van der Waals surface area contributed by atoms with Crippen molar-refractivity contribution in [2.75, 3.05) is 10.6 Å². The van der Waals surface area contributed by atoms with Gasteiger partial charge in [-0.3, -0.25) is 0 Å². The number of nitrogens with one attached hydrogen (secondary N) is 2. The Morgan fingerprint density at radius 1 is 1.00 bits per heavy atom. The van der Waals surface area contributed by atoms with Gasteiger partial charge in [-0.25, -0.2) is 9.78 Å². The summed E-state index contributed by atoms with van der Waals surface area (Å²) in [4.78, 5) is 17.9. The molecule has 28 heavy (non-hydrogen) atoms. The number of rotatable bonds is 6.